The van der Waals surface area contributed by atoms with E-state index < -0.39 is 0 Å². The van der Waals surface area contributed by atoms with E-state index >= 15 is 0 Å². The standard InChI is InChI=1S/C10H11FN4/c1-15-10(9(6-12)13-14-15)7-3-2-4-8(11)5-7/h2-5H,6,12H2,1H3. The summed E-state index contributed by atoms with van der Waals surface area (Å²) < 4.78 is 14.6. The lowest BCUT2D eigenvalue weighted by Gasteiger charge is -2.03. The van der Waals surface area contributed by atoms with Crippen molar-refractivity contribution in [1.29, 1.82) is 0 Å². The molecule has 2 N–H and O–H groups in total. The van der Waals surface area contributed by atoms with Crippen LogP contribution >= 0.6 is 0 Å². The lowest BCUT2D eigenvalue weighted by molar-refractivity contribution is 0.628. The van der Waals surface area contributed by atoms with Crippen LogP contribution in [0, 0.1) is 5.82 Å². The Balaban J connectivity index is 2.57. The first-order valence-corrected chi connectivity index (χ1v) is 4.57. The zero-order valence-corrected chi connectivity index (χ0v) is 8.31. The van der Waals surface area contributed by atoms with Crippen LogP contribution in [0.3, 0.4) is 0 Å². The molecule has 0 fully saturated rings. The van der Waals surface area contributed by atoms with E-state index in [1.807, 2.05) is 0 Å². The number of hydrogen-bond donors (Lipinski definition) is 1. The molecule has 0 atom stereocenters. The predicted molar refractivity (Wildman–Crippen MR) is 54.3 cm³/mol. The van der Waals surface area contributed by atoms with Gasteiger partial charge in [-0.25, -0.2) is 9.07 Å². The van der Waals surface area contributed by atoms with Gasteiger partial charge in [0, 0.05) is 19.2 Å². The van der Waals surface area contributed by atoms with E-state index in [9.17, 15) is 4.39 Å². The van der Waals surface area contributed by atoms with Crippen LogP contribution in [0.15, 0.2) is 24.3 Å². The maximum Gasteiger partial charge on any atom is 0.123 e. The molecule has 1 heterocycles. The molecule has 0 aliphatic rings. The van der Waals surface area contributed by atoms with Gasteiger partial charge in [0.2, 0.25) is 0 Å². The lowest BCUT2D eigenvalue weighted by atomic mass is 10.1. The highest BCUT2D eigenvalue weighted by atomic mass is 19.1. The molecule has 78 valence electrons. The minimum Gasteiger partial charge on any atom is -0.325 e. The smallest absolute Gasteiger partial charge is 0.123 e. The Morgan fingerprint density at radius 3 is 2.93 bits per heavy atom. The summed E-state index contributed by atoms with van der Waals surface area (Å²) in [6.07, 6.45) is 0. The molecule has 2 rings (SSSR count). The Hall–Kier alpha value is -1.75. The third-order valence-corrected chi connectivity index (χ3v) is 2.19. The second-order valence-corrected chi connectivity index (χ2v) is 3.22. The van der Waals surface area contributed by atoms with Crippen LogP contribution < -0.4 is 5.73 Å². The molecule has 15 heavy (non-hydrogen) atoms. The van der Waals surface area contributed by atoms with Gasteiger partial charge in [0.25, 0.3) is 0 Å². The van der Waals surface area contributed by atoms with Gasteiger partial charge in [-0.1, -0.05) is 17.3 Å². The average molecular weight is 206 g/mol. The molecule has 0 amide bonds. The Labute approximate surface area is 86.5 Å². The van der Waals surface area contributed by atoms with Crippen molar-refractivity contribution in [1.82, 2.24) is 15.0 Å². The van der Waals surface area contributed by atoms with Crippen molar-refractivity contribution in [3.05, 3.63) is 35.8 Å². The number of rotatable bonds is 2. The second kappa shape index (κ2) is 3.78. The summed E-state index contributed by atoms with van der Waals surface area (Å²) in [5.74, 6) is -0.281. The second-order valence-electron chi connectivity index (χ2n) is 3.22. The minimum atomic E-state index is -0.281. The van der Waals surface area contributed by atoms with Gasteiger partial charge in [0.15, 0.2) is 0 Å². The van der Waals surface area contributed by atoms with Gasteiger partial charge in [-0.05, 0) is 12.1 Å². The molecule has 1 aromatic carbocycles. The average Bonchev–Trinajstić information content (AvgIpc) is 2.59. The zero-order valence-electron chi connectivity index (χ0n) is 8.31. The topological polar surface area (TPSA) is 56.7 Å². The number of halogens is 1. The van der Waals surface area contributed by atoms with Crippen molar-refractivity contribution in [3.8, 4) is 11.3 Å². The van der Waals surface area contributed by atoms with Gasteiger partial charge in [-0.3, -0.25) is 0 Å². The Kier molecular flexibility index (Phi) is 2.47. The number of benzene rings is 1. The lowest BCUT2D eigenvalue weighted by Crippen LogP contribution is -2.00. The highest BCUT2D eigenvalue weighted by molar-refractivity contribution is 5.61. The zero-order chi connectivity index (χ0) is 10.8. The van der Waals surface area contributed by atoms with Crippen LogP contribution in [-0.2, 0) is 13.6 Å². The molecular weight excluding hydrogens is 195 g/mol. The van der Waals surface area contributed by atoms with Crippen LogP contribution in [0.5, 0.6) is 0 Å². The van der Waals surface area contributed by atoms with Gasteiger partial charge < -0.3 is 5.73 Å². The summed E-state index contributed by atoms with van der Waals surface area (Å²) in [6, 6.07) is 6.30. The molecule has 0 saturated heterocycles. The fourth-order valence-electron chi connectivity index (χ4n) is 1.53. The first-order valence-electron chi connectivity index (χ1n) is 4.57. The van der Waals surface area contributed by atoms with Crippen LogP contribution in [0.4, 0.5) is 4.39 Å². The van der Waals surface area contributed by atoms with E-state index in [1.165, 1.54) is 12.1 Å². The fraction of sp³-hybridized carbons (Fsp3) is 0.200. The third kappa shape index (κ3) is 1.73. The van der Waals surface area contributed by atoms with Crippen molar-refractivity contribution in [2.45, 2.75) is 6.54 Å². The van der Waals surface area contributed by atoms with E-state index in [1.54, 1.807) is 23.9 Å². The molecule has 0 radical (unpaired) electrons. The highest BCUT2D eigenvalue weighted by Gasteiger charge is 2.11. The van der Waals surface area contributed by atoms with E-state index in [4.69, 9.17) is 5.73 Å². The van der Waals surface area contributed by atoms with Gasteiger partial charge >= 0.3 is 0 Å². The van der Waals surface area contributed by atoms with E-state index in [-0.39, 0.29) is 5.82 Å². The minimum absolute atomic E-state index is 0.281. The van der Waals surface area contributed by atoms with Crippen LogP contribution in [-0.4, -0.2) is 15.0 Å². The normalized spacial score (nSPS) is 10.6. The number of nitrogens with two attached hydrogens (primary N) is 1. The van der Waals surface area contributed by atoms with Crippen molar-refractivity contribution in [2.24, 2.45) is 12.8 Å². The van der Waals surface area contributed by atoms with Crippen LogP contribution in [0.25, 0.3) is 11.3 Å². The quantitative estimate of drug-likeness (QED) is 0.799. The number of nitrogens with zero attached hydrogens (tertiary/aromatic N) is 3. The summed E-state index contributed by atoms with van der Waals surface area (Å²) in [7, 11) is 1.76. The van der Waals surface area contributed by atoms with E-state index in [0.717, 1.165) is 11.3 Å². The van der Waals surface area contributed by atoms with Gasteiger partial charge in [0.05, 0.1) is 5.69 Å². The maximum atomic E-state index is 13.0. The Morgan fingerprint density at radius 1 is 1.47 bits per heavy atom. The fourth-order valence-corrected chi connectivity index (χ4v) is 1.53. The first kappa shape index (κ1) is 9.79. The Morgan fingerprint density at radius 2 is 2.27 bits per heavy atom. The number of aryl methyl sites for hydroxylation is 1. The molecule has 0 aliphatic heterocycles. The molecular formula is C10H11FN4. The van der Waals surface area contributed by atoms with Crippen molar-refractivity contribution < 1.29 is 4.39 Å². The van der Waals surface area contributed by atoms with Crippen LogP contribution in [0.1, 0.15) is 5.69 Å². The molecule has 1 aromatic heterocycles. The van der Waals surface area contributed by atoms with E-state index in [0.29, 0.717) is 12.2 Å². The molecule has 5 heteroatoms. The predicted octanol–water partition coefficient (Wildman–Crippen LogP) is 1.08. The van der Waals surface area contributed by atoms with Crippen molar-refractivity contribution in [3.63, 3.8) is 0 Å². The summed E-state index contributed by atoms with van der Waals surface area (Å²) in [5.41, 5.74) is 7.70. The number of hydrogen-bond acceptors (Lipinski definition) is 3. The molecule has 4 nitrogen and oxygen atoms in total. The molecule has 0 bridgehead atoms. The van der Waals surface area contributed by atoms with Gasteiger partial charge in [-0.2, -0.15) is 0 Å². The molecule has 0 saturated carbocycles. The molecule has 2 aromatic rings. The molecule has 0 spiro atoms. The number of aromatic nitrogens is 3. The summed E-state index contributed by atoms with van der Waals surface area (Å²) in [4.78, 5) is 0. The maximum absolute atomic E-state index is 13.0. The van der Waals surface area contributed by atoms with Gasteiger partial charge in [-0.15, -0.1) is 5.10 Å². The summed E-state index contributed by atoms with van der Waals surface area (Å²) in [6.45, 7) is 0.291. The summed E-state index contributed by atoms with van der Waals surface area (Å²) >= 11 is 0. The van der Waals surface area contributed by atoms with Crippen LogP contribution in [0.2, 0.25) is 0 Å². The van der Waals surface area contributed by atoms with Crippen molar-refractivity contribution in [2.75, 3.05) is 0 Å². The third-order valence-electron chi connectivity index (χ3n) is 2.19. The van der Waals surface area contributed by atoms with Crippen molar-refractivity contribution >= 4 is 0 Å². The van der Waals surface area contributed by atoms with E-state index in [2.05, 4.69) is 10.3 Å². The monoisotopic (exact) mass is 206 g/mol. The Bertz CT molecular complexity index is 478. The first-order chi connectivity index (χ1) is 7.22. The highest BCUT2D eigenvalue weighted by Crippen LogP contribution is 2.21. The summed E-state index contributed by atoms with van der Waals surface area (Å²) in [5, 5.41) is 7.76. The largest absolute Gasteiger partial charge is 0.325 e. The van der Waals surface area contributed by atoms with Gasteiger partial charge in [0.1, 0.15) is 11.5 Å². The SMILES string of the molecule is Cn1nnc(CN)c1-c1cccc(F)c1. The molecule has 0 aliphatic carbocycles. The molecule has 0 unspecified atom stereocenters.